The van der Waals surface area contributed by atoms with Crippen LogP contribution in [0.5, 0.6) is 0 Å². The Morgan fingerprint density at radius 3 is 2.95 bits per heavy atom. The number of rotatable bonds is 3. The lowest BCUT2D eigenvalue weighted by atomic mass is 9.89. The van der Waals surface area contributed by atoms with Crippen LogP contribution in [0.1, 0.15) is 30.5 Å². The lowest BCUT2D eigenvalue weighted by Crippen LogP contribution is -2.28. The van der Waals surface area contributed by atoms with Crippen molar-refractivity contribution >= 4 is 12.0 Å². The first-order valence-corrected chi connectivity index (χ1v) is 6.17. The Hall–Kier alpha value is -2.28. The van der Waals surface area contributed by atoms with E-state index in [2.05, 4.69) is 16.1 Å². The molecule has 1 aliphatic rings. The molecule has 0 unspecified atom stereocenters. The number of hydrogen-bond donors (Lipinski definition) is 1. The molecule has 1 N–H and O–H groups in total. The molecule has 0 saturated heterocycles. The summed E-state index contributed by atoms with van der Waals surface area (Å²) < 4.78 is 4.66. The van der Waals surface area contributed by atoms with E-state index in [4.69, 9.17) is 5.26 Å². The Balaban J connectivity index is 2.25. The molecule has 0 bridgehead atoms. The number of nitriles is 1. The molecule has 0 radical (unpaired) electrons. The van der Waals surface area contributed by atoms with E-state index in [1.54, 1.807) is 0 Å². The molecule has 0 fully saturated rings. The predicted molar refractivity (Wildman–Crippen MR) is 71.7 cm³/mol. The summed E-state index contributed by atoms with van der Waals surface area (Å²) in [6, 6.07) is 9.96. The Kier molecular flexibility index (Phi) is 3.86. The third-order valence-corrected chi connectivity index (χ3v) is 3.26. The Morgan fingerprint density at radius 1 is 1.53 bits per heavy atom. The largest absolute Gasteiger partial charge is 0.468 e. The summed E-state index contributed by atoms with van der Waals surface area (Å²) in [6.45, 7) is 1.97. The average molecular weight is 256 g/mol. The standard InChI is InChI=1S/C15H16N2O2/c1-10-7-11-5-3-4-6-13(11)14(17-10)8-12(9-16)15(18)19-2/h3-7,12,14,17H,8H2,1-2H3/t12-,14-/m1/s1. The van der Waals surface area contributed by atoms with E-state index in [0.717, 1.165) is 16.8 Å². The van der Waals surface area contributed by atoms with Gasteiger partial charge in [-0.25, -0.2) is 0 Å². The zero-order valence-electron chi connectivity index (χ0n) is 11.0. The van der Waals surface area contributed by atoms with E-state index in [9.17, 15) is 4.79 Å². The van der Waals surface area contributed by atoms with Crippen molar-refractivity contribution in [2.75, 3.05) is 7.11 Å². The van der Waals surface area contributed by atoms with Crippen LogP contribution in [0.2, 0.25) is 0 Å². The molecule has 98 valence electrons. The third kappa shape index (κ3) is 2.76. The molecule has 0 spiro atoms. The van der Waals surface area contributed by atoms with Gasteiger partial charge in [0.1, 0.15) is 5.92 Å². The smallest absolute Gasteiger partial charge is 0.323 e. The number of carbonyl (C=O) groups is 1. The average Bonchev–Trinajstić information content (AvgIpc) is 2.43. The fourth-order valence-corrected chi connectivity index (χ4v) is 2.35. The van der Waals surface area contributed by atoms with Gasteiger partial charge < -0.3 is 10.1 Å². The summed E-state index contributed by atoms with van der Waals surface area (Å²) in [5.74, 6) is -1.23. The molecule has 1 aromatic carbocycles. The van der Waals surface area contributed by atoms with Crippen LogP contribution in [0.4, 0.5) is 0 Å². The van der Waals surface area contributed by atoms with E-state index >= 15 is 0 Å². The van der Waals surface area contributed by atoms with Crippen molar-refractivity contribution in [2.24, 2.45) is 5.92 Å². The van der Waals surface area contributed by atoms with Crippen molar-refractivity contribution in [1.82, 2.24) is 5.32 Å². The summed E-state index contributed by atoms with van der Waals surface area (Å²) >= 11 is 0. The summed E-state index contributed by atoms with van der Waals surface area (Å²) in [4.78, 5) is 11.5. The van der Waals surface area contributed by atoms with Gasteiger partial charge in [0, 0.05) is 5.70 Å². The van der Waals surface area contributed by atoms with Crippen molar-refractivity contribution in [1.29, 1.82) is 5.26 Å². The number of benzene rings is 1. The van der Waals surface area contributed by atoms with Gasteiger partial charge in [-0.3, -0.25) is 4.79 Å². The lowest BCUT2D eigenvalue weighted by Gasteiger charge is -2.27. The van der Waals surface area contributed by atoms with E-state index in [-0.39, 0.29) is 6.04 Å². The van der Waals surface area contributed by atoms with Crippen molar-refractivity contribution in [3.05, 3.63) is 41.1 Å². The van der Waals surface area contributed by atoms with Gasteiger partial charge in [0.15, 0.2) is 0 Å². The zero-order valence-corrected chi connectivity index (χ0v) is 11.0. The van der Waals surface area contributed by atoms with Crippen molar-refractivity contribution in [3.8, 4) is 6.07 Å². The summed E-state index contributed by atoms with van der Waals surface area (Å²) in [5, 5.41) is 12.4. The first-order chi connectivity index (χ1) is 9.15. The fourth-order valence-electron chi connectivity index (χ4n) is 2.35. The molecular weight excluding hydrogens is 240 g/mol. The van der Waals surface area contributed by atoms with Crippen molar-refractivity contribution in [3.63, 3.8) is 0 Å². The van der Waals surface area contributed by atoms with E-state index < -0.39 is 11.9 Å². The second-order valence-electron chi connectivity index (χ2n) is 4.59. The van der Waals surface area contributed by atoms with Crippen LogP contribution in [0.15, 0.2) is 30.0 Å². The van der Waals surface area contributed by atoms with Gasteiger partial charge in [-0.1, -0.05) is 24.3 Å². The summed E-state index contributed by atoms with van der Waals surface area (Å²) in [5.41, 5.74) is 3.27. The number of nitrogens with one attached hydrogen (secondary N) is 1. The Morgan fingerprint density at radius 2 is 2.26 bits per heavy atom. The maximum atomic E-state index is 11.5. The molecule has 0 amide bonds. The lowest BCUT2D eigenvalue weighted by molar-refractivity contribution is -0.143. The van der Waals surface area contributed by atoms with Gasteiger partial charge in [-0.2, -0.15) is 5.26 Å². The number of carbonyl (C=O) groups excluding carboxylic acids is 1. The van der Waals surface area contributed by atoms with Crippen molar-refractivity contribution in [2.45, 2.75) is 19.4 Å². The SMILES string of the molecule is COC(=O)[C@@H](C#N)C[C@H]1NC(C)=Cc2ccccc21. The highest BCUT2D eigenvalue weighted by atomic mass is 16.5. The van der Waals surface area contributed by atoms with Crippen LogP contribution in [0.3, 0.4) is 0 Å². The third-order valence-electron chi connectivity index (χ3n) is 3.26. The van der Waals surface area contributed by atoms with Gasteiger partial charge >= 0.3 is 5.97 Å². The highest BCUT2D eigenvalue weighted by Crippen LogP contribution is 2.30. The number of allylic oxidation sites excluding steroid dienone is 1. The minimum absolute atomic E-state index is 0.0371. The van der Waals surface area contributed by atoms with Crippen LogP contribution in [-0.4, -0.2) is 13.1 Å². The number of methoxy groups -OCH3 is 1. The number of nitrogens with zero attached hydrogens (tertiary/aromatic N) is 1. The second-order valence-corrected chi connectivity index (χ2v) is 4.59. The molecule has 2 atom stereocenters. The molecule has 0 aromatic heterocycles. The summed E-state index contributed by atoms with van der Waals surface area (Å²) in [7, 11) is 1.31. The van der Waals surface area contributed by atoms with Gasteiger partial charge in [0.05, 0.1) is 19.2 Å². The van der Waals surface area contributed by atoms with Crippen LogP contribution in [0, 0.1) is 17.2 Å². The van der Waals surface area contributed by atoms with E-state index in [1.165, 1.54) is 7.11 Å². The van der Waals surface area contributed by atoms with Crippen LogP contribution in [-0.2, 0) is 9.53 Å². The normalized spacial score (nSPS) is 18.4. The minimum Gasteiger partial charge on any atom is -0.468 e. The zero-order chi connectivity index (χ0) is 13.8. The van der Waals surface area contributed by atoms with Crippen LogP contribution >= 0.6 is 0 Å². The van der Waals surface area contributed by atoms with E-state index in [1.807, 2.05) is 37.3 Å². The molecule has 1 heterocycles. The van der Waals surface area contributed by atoms with Gasteiger partial charge in [-0.05, 0) is 30.5 Å². The van der Waals surface area contributed by atoms with E-state index in [0.29, 0.717) is 6.42 Å². The molecule has 0 aliphatic carbocycles. The molecule has 4 nitrogen and oxygen atoms in total. The summed E-state index contributed by atoms with van der Waals surface area (Å²) in [6.07, 6.45) is 2.47. The maximum Gasteiger partial charge on any atom is 0.323 e. The number of ether oxygens (including phenoxy) is 1. The molecule has 1 aromatic rings. The number of fused-ring (bicyclic) bond motifs is 1. The maximum absolute atomic E-state index is 11.5. The minimum atomic E-state index is -0.749. The Bertz CT molecular complexity index is 558. The Labute approximate surface area is 112 Å². The quantitative estimate of drug-likeness (QED) is 0.843. The molecule has 2 rings (SSSR count). The van der Waals surface area contributed by atoms with Crippen molar-refractivity contribution < 1.29 is 9.53 Å². The van der Waals surface area contributed by atoms with Gasteiger partial charge in [-0.15, -0.1) is 0 Å². The molecular formula is C15H16N2O2. The predicted octanol–water partition coefficient (Wildman–Crippen LogP) is 2.39. The second kappa shape index (κ2) is 5.57. The molecule has 1 aliphatic heterocycles. The number of esters is 1. The fraction of sp³-hybridized carbons (Fsp3) is 0.333. The molecule has 4 heteroatoms. The highest BCUT2D eigenvalue weighted by Gasteiger charge is 2.27. The molecule has 0 saturated carbocycles. The number of hydrogen-bond acceptors (Lipinski definition) is 4. The topological polar surface area (TPSA) is 62.1 Å². The van der Waals surface area contributed by atoms with Crippen LogP contribution in [0.25, 0.3) is 6.08 Å². The monoisotopic (exact) mass is 256 g/mol. The van der Waals surface area contributed by atoms with Crippen LogP contribution < -0.4 is 5.32 Å². The first-order valence-electron chi connectivity index (χ1n) is 6.17. The van der Waals surface area contributed by atoms with Gasteiger partial charge in [0.25, 0.3) is 0 Å². The first kappa shape index (κ1) is 13.2. The van der Waals surface area contributed by atoms with Gasteiger partial charge in [0.2, 0.25) is 0 Å². The highest BCUT2D eigenvalue weighted by molar-refractivity contribution is 5.75. The molecule has 19 heavy (non-hydrogen) atoms.